The Morgan fingerprint density at radius 3 is 2.71 bits per heavy atom. The molecule has 0 unspecified atom stereocenters. The lowest BCUT2D eigenvalue weighted by Gasteiger charge is -2.30. The Balaban J connectivity index is 2.14. The van der Waals surface area contributed by atoms with E-state index in [2.05, 4.69) is 11.9 Å². The Kier molecular flexibility index (Phi) is 3.31. The highest BCUT2D eigenvalue weighted by atomic mass is 16.2. The molecule has 0 saturated carbocycles. The summed E-state index contributed by atoms with van der Waals surface area (Å²) in [4.78, 5) is 18.3. The third-order valence-electron chi connectivity index (χ3n) is 3.37. The summed E-state index contributed by atoms with van der Waals surface area (Å²) in [5, 5.41) is 0. The largest absolute Gasteiger partial charge is 0.398 e. The van der Waals surface area contributed by atoms with Crippen LogP contribution in [0.15, 0.2) is 12.3 Å². The van der Waals surface area contributed by atoms with Crippen LogP contribution >= 0.6 is 0 Å². The zero-order valence-electron chi connectivity index (χ0n) is 10.4. The van der Waals surface area contributed by atoms with Crippen LogP contribution in [0, 0.1) is 12.8 Å². The zero-order valence-corrected chi connectivity index (χ0v) is 10.4. The first-order valence-electron chi connectivity index (χ1n) is 6.09. The fourth-order valence-electron chi connectivity index (χ4n) is 2.14. The van der Waals surface area contributed by atoms with Crippen LogP contribution in [-0.4, -0.2) is 28.9 Å². The van der Waals surface area contributed by atoms with E-state index in [0.29, 0.717) is 17.2 Å². The van der Waals surface area contributed by atoms with Crippen molar-refractivity contribution in [3.63, 3.8) is 0 Å². The van der Waals surface area contributed by atoms with Crippen molar-refractivity contribution in [2.45, 2.75) is 26.7 Å². The number of anilines is 1. The van der Waals surface area contributed by atoms with Gasteiger partial charge in [-0.3, -0.25) is 9.78 Å². The van der Waals surface area contributed by atoms with Crippen LogP contribution in [0.2, 0.25) is 0 Å². The van der Waals surface area contributed by atoms with Crippen LogP contribution in [-0.2, 0) is 0 Å². The Morgan fingerprint density at radius 2 is 2.12 bits per heavy atom. The highest BCUT2D eigenvalue weighted by Gasteiger charge is 2.22. The minimum absolute atomic E-state index is 0.0156. The molecule has 92 valence electrons. The van der Waals surface area contributed by atoms with E-state index >= 15 is 0 Å². The Labute approximate surface area is 102 Å². The Bertz CT molecular complexity index is 423. The molecule has 1 aliphatic heterocycles. The van der Waals surface area contributed by atoms with Crippen molar-refractivity contribution < 1.29 is 4.79 Å². The summed E-state index contributed by atoms with van der Waals surface area (Å²) in [7, 11) is 0. The average Bonchev–Trinajstić information content (AvgIpc) is 2.29. The molecule has 0 bridgehead atoms. The van der Waals surface area contributed by atoms with Crippen LogP contribution in [0.5, 0.6) is 0 Å². The summed E-state index contributed by atoms with van der Waals surface area (Å²) in [6, 6.07) is 1.75. The highest BCUT2D eigenvalue weighted by Crippen LogP contribution is 2.20. The van der Waals surface area contributed by atoms with Gasteiger partial charge in [0.05, 0.1) is 5.56 Å². The molecule has 4 heteroatoms. The second-order valence-corrected chi connectivity index (χ2v) is 4.89. The number of nitrogens with two attached hydrogens (primary N) is 1. The van der Waals surface area contributed by atoms with Gasteiger partial charge in [0, 0.05) is 30.7 Å². The van der Waals surface area contributed by atoms with Crippen LogP contribution < -0.4 is 5.73 Å². The molecule has 17 heavy (non-hydrogen) atoms. The SMILES string of the molecule is Cc1cc(N)c(C(=O)N2CCC(C)CC2)cn1. The number of aryl methyl sites for hydroxylation is 1. The number of pyridine rings is 1. The maximum Gasteiger partial charge on any atom is 0.257 e. The van der Waals surface area contributed by atoms with Crippen molar-refractivity contribution in [3.05, 3.63) is 23.5 Å². The van der Waals surface area contributed by atoms with Crippen molar-refractivity contribution in [3.8, 4) is 0 Å². The van der Waals surface area contributed by atoms with Gasteiger partial charge in [-0.05, 0) is 31.7 Å². The van der Waals surface area contributed by atoms with Gasteiger partial charge in [-0.2, -0.15) is 0 Å². The summed E-state index contributed by atoms with van der Waals surface area (Å²) in [5.74, 6) is 0.731. The maximum absolute atomic E-state index is 12.2. The van der Waals surface area contributed by atoms with Gasteiger partial charge < -0.3 is 10.6 Å². The zero-order chi connectivity index (χ0) is 12.4. The van der Waals surface area contributed by atoms with E-state index in [-0.39, 0.29) is 5.91 Å². The van der Waals surface area contributed by atoms with Crippen molar-refractivity contribution >= 4 is 11.6 Å². The van der Waals surface area contributed by atoms with E-state index in [1.165, 1.54) is 0 Å². The van der Waals surface area contributed by atoms with E-state index < -0.39 is 0 Å². The molecule has 2 rings (SSSR count). The van der Waals surface area contributed by atoms with Gasteiger partial charge in [-0.1, -0.05) is 6.92 Å². The van der Waals surface area contributed by atoms with Crippen molar-refractivity contribution in [2.75, 3.05) is 18.8 Å². The predicted molar refractivity (Wildman–Crippen MR) is 67.7 cm³/mol. The molecule has 0 aromatic carbocycles. The molecule has 1 amide bonds. The summed E-state index contributed by atoms with van der Waals surface area (Å²) < 4.78 is 0. The first kappa shape index (κ1) is 11.9. The fraction of sp³-hybridized carbons (Fsp3) is 0.538. The van der Waals surface area contributed by atoms with Gasteiger partial charge in [0.25, 0.3) is 5.91 Å². The highest BCUT2D eigenvalue weighted by molar-refractivity contribution is 5.98. The maximum atomic E-state index is 12.2. The minimum atomic E-state index is 0.0156. The number of carbonyl (C=O) groups excluding carboxylic acids is 1. The van der Waals surface area contributed by atoms with Crippen LogP contribution in [0.4, 0.5) is 5.69 Å². The standard InChI is InChI=1S/C13H19N3O/c1-9-3-5-16(6-4-9)13(17)11-8-15-10(2)7-12(11)14/h7-9H,3-6H2,1-2H3,(H2,14,15). The molecule has 0 radical (unpaired) electrons. The number of nitrogens with zero attached hydrogens (tertiary/aromatic N) is 2. The molecule has 4 nitrogen and oxygen atoms in total. The van der Waals surface area contributed by atoms with Crippen molar-refractivity contribution in [2.24, 2.45) is 5.92 Å². The Morgan fingerprint density at radius 1 is 1.47 bits per heavy atom. The second-order valence-electron chi connectivity index (χ2n) is 4.89. The van der Waals surface area contributed by atoms with E-state index in [0.717, 1.165) is 31.6 Å². The number of nitrogen functional groups attached to an aromatic ring is 1. The first-order chi connectivity index (χ1) is 8.08. The van der Waals surface area contributed by atoms with Crippen molar-refractivity contribution in [1.82, 2.24) is 9.88 Å². The lowest BCUT2D eigenvalue weighted by molar-refractivity contribution is 0.0698. The molecular formula is C13H19N3O. The van der Waals surface area contributed by atoms with E-state index in [4.69, 9.17) is 5.73 Å². The van der Waals surface area contributed by atoms with Gasteiger partial charge in [-0.25, -0.2) is 0 Å². The topological polar surface area (TPSA) is 59.2 Å². The Hall–Kier alpha value is -1.58. The van der Waals surface area contributed by atoms with Crippen LogP contribution in [0.25, 0.3) is 0 Å². The second kappa shape index (κ2) is 4.73. The fourth-order valence-corrected chi connectivity index (χ4v) is 2.14. The number of piperidine rings is 1. The minimum Gasteiger partial charge on any atom is -0.398 e. The molecule has 1 aromatic rings. The van der Waals surface area contributed by atoms with E-state index in [1.54, 1.807) is 12.3 Å². The van der Waals surface area contributed by atoms with E-state index in [1.807, 2.05) is 11.8 Å². The monoisotopic (exact) mass is 233 g/mol. The van der Waals surface area contributed by atoms with Crippen LogP contribution in [0.3, 0.4) is 0 Å². The molecule has 0 spiro atoms. The average molecular weight is 233 g/mol. The smallest absolute Gasteiger partial charge is 0.257 e. The van der Waals surface area contributed by atoms with Gasteiger partial charge in [0.1, 0.15) is 0 Å². The lowest BCUT2D eigenvalue weighted by Crippen LogP contribution is -2.38. The predicted octanol–water partition coefficient (Wildman–Crippen LogP) is 1.84. The number of carbonyl (C=O) groups is 1. The first-order valence-corrected chi connectivity index (χ1v) is 6.09. The molecule has 1 aromatic heterocycles. The molecule has 1 fully saturated rings. The summed E-state index contributed by atoms with van der Waals surface area (Å²) >= 11 is 0. The number of likely N-dealkylation sites (tertiary alicyclic amines) is 1. The quantitative estimate of drug-likeness (QED) is 0.805. The number of rotatable bonds is 1. The molecule has 2 N–H and O–H groups in total. The molecule has 1 aliphatic rings. The third-order valence-corrected chi connectivity index (χ3v) is 3.37. The van der Waals surface area contributed by atoms with Gasteiger partial charge in [0.2, 0.25) is 0 Å². The molecular weight excluding hydrogens is 214 g/mol. The van der Waals surface area contributed by atoms with Gasteiger partial charge in [-0.15, -0.1) is 0 Å². The number of hydrogen-bond donors (Lipinski definition) is 1. The third kappa shape index (κ3) is 2.57. The molecule has 1 saturated heterocycles. The molecule has 0 aliphatic carbocycles. The summed E-state index contributed by atoms with van der Waals surface area (Å²) in [6.07, 6.45) is 3.74. The van der Waals surface area contributed by atoms with Gasteiger partial charge >= 0.3 is 0 Å². The number of hydrogen-bond acceptors (Lipinski definition) is 3. The number of aromatic nitrogens is 1. The summed E-state index contributed by atoms with van der Waals surface area (Å²) in [6.45, 7) is 5.75. The summed E-state index contributed by atoms with van der Waals surface area (Å²) in [5.41, 5.74) is 7.77. The number of amides is 1. The van der Waals surface area contributed by atoms with E-state index in [9.17, 15) is 4.79 Å². The normalized spacial score (nSPS) is 17.2. The lowest BCUT2D eigenvalue weighted by atomic mass is 9.98. The molecule has 0 atom stereocenters. The van der Waals surface area contributed by atoms with Crippen LogP contribution in [0.1, 0.15) is 35.8 Å². The molecule has 2 heterocycles. The van der Waals surface area contributed by atoms with Crippen molar-refractivity contribution in [1.29, 1.82) is 0 Å². The van der Waals surface area contributed by atoms with Gasteiger partial charge in [0.15, 0.2) is 0 Å².